The van der Waals surface area contributed by atoms with Crippen molar-refractivity contribution in [3.63, 3.8) is 0 Å². The van der Waals surface area contributed by atoms with E-state index in [4.69, 9.17) is 4.74 Å². The van der Waals surface area contributed by atoms with Crippen molar-refractivity contribution in [2.75, 3.05) is 13.2 Å². The lowest BCUT2D eigenvalue weighted by Gasteiger charge is -2.06. The summed E-state index contributed by atoms with van der Waals surface area (Å²) < 4.78 is 5.54. The Morgan fingerprint density at radius 2 is 1.94 bits per heavy atom. The fourth-order valence-corrected chi connectivity index (χ4v) is 1.61. The van der Waals surface area contributed by atoms with Crippen LogP contribution < -0.4 is 10.1 Å². The van der Waals surface area contributed by atoms with Gasteiger partial charge in [0.2, 0.25) is 5.88 Å². The Labute approximate surface area is 110 Å². The molecule has 0 spiro atoms. The Hall–Kier alpha value is -1.16. The first-order valence-corrected chi connectivity index (χ1v) is 7.01. The standard InChI is InChI=1S/C14H25N3O/c1-3-5-6-7-9-18-14-12-16-13(11-17-14)10-15-8-4-2/h11-12,15H,3-10H2,1-2H3. The van der Waals surface area contributed by atoms with Crippen molar-refractivity contribution < 1.29 is 4.74 Å². The van der Waals surface area contributed by atoms with E-state index in [2.05, 4.69) is 29.1 Å². The number of rotatable bonds is 10. The summed E-state index contributed by atoms with van der Waals surface area (Å²) in [6, 6.07) is 0. The second kappa shape index (κ2) is 9.83. The maximum Gasteiger partial charge on any atom is 0.232 e. The van der Waals surface area contributed by atoms with Gasteiger partial charge in [0.05, 0.1) is 24.7 Å². The van der Waals surface area contributed by atoms with E-state index in [1.165, 1.54) is 19.3 Å². The molecule has 0 saturated heterocycles. The quantitative estimate of drug-likeness (QED) is 0.649. The zero-order valence-corrected chi connectivity index (χ0v) is 11.6. The van der Waals surface area contributed by atoms with Gasteiger partial charge in [-0.1, -0.05) is 33.1 Å². The molecule has 0 bridgehead atoms. The molecule has 0 radical (unpaired) electrons. The van der Waals surface area contributed by atoms with Crippen LogP contribution in [0.1, 0.15) is 51.6 Å². The number of hydrogen-bond acceptors (Lipinski definition) is 4. The highest BCUT2D eigenvalue weighted by Gasteiger charge is 1.98. The highest BCUT2D eigenvalue weighted by molar-refractivity contribution is 5.06. The SMILES string of the molecule is CCCCCCOc1cnc(CNCCC)cn1. The molecule has 0 saturated carbocycles. The van der Waals surface area contributed by atoms with Crippen molar-refractivity contribution in [3.05, 3.63) is 18.1 Å². The molecule has 0 aliphatic rings. The van der Waals surface area contributed by atoms with Gasteiger partial charge in [0.1, 0.15) is 0 Å². The summed E-state index contributed by atoms with van der Waals surface area (Å²) in [7, 11) is 0. The first-order valence-electron chi connectivity index (χ1n) is 7.01. The van der Waals surface area contributed by atoms with Gasteiger partial charge in [-0.3, -0.25) is 4.98 Å². The van der Waals surface area contributed by atoms with Crippen molar-refractivity contribution >= 4 is 0 Å². The van der Waals surface area contributed by atoms with E-state index in [0.717, 1.165) is 38.2 Å². The Balaban J connectivity index is 2.19. The molecular weight excluding hydrogens is 226 g/mol. The second-order valence-electron chi connectivity index (χ2n) is 4.43. The van der Waals surface area contributed by atoms with Crippen LogP contribution in [0.3, 0.4) is 0 Å². The van der Waals surface area contributed by atoms with E-state index >= 15 is 0 Å². The summed E-state index contributed by atoms with van der Waals surface area (Å²) in [4.78, 5) is 8.57. The number of unbranched alkanes of at least 4 members (excludes halogenated alkanes) is 3. The Bertz CT molecular complexity index is 300. The normalized spacial score (nSPS) is 10.6. The molecule has 1 rings (SSSR count). The minimum absolute atomic E-state index is 0.630. The average molecular weight is 251 g/mol. The predicted molar refractivity (Wildman–Crippen MR) is 73.7 cm³/mol. The highest BCUT2D eigenvalue weighted by atomic mass is 16.5. The lowest BCUT2D eigenvalue weighted by molar-refractivity contribution is 0.292. The van der Waals surface area contributed by atoms with Crippen molar-refractivity contribution in [3.8, 4) is 5.88 Å². The Kier molecular flexibility index (Phi) is 8.13. The predicted octanol–water partition coefficient (Wildman–Crippen LogP) is 2.94. The third-order valence-corrected chi connectivity index (χ3v) is 2.66. The van der Waals surface area contributed by atoms with Gasteiger partial charge >= 0.3 is 0 Å². The van der Waals surface area contributed by atoms with E-state index in [1.54, 1.807) is 12.4 Å². The third kappa shape index (κ3) is 6.55. The van der Waals surface area contributed by atoms with Crippen LogP contribution in [-0.2, 0) is 6.54 Å². The smallest absolute Gasteiger partial charge is 0.232 e. The van der Waals surface area contributed by atoms with Crippen LogP contribution in [0.5, 0.6) is 5.88 Å². The topological polar surface area (TPSA) is 47.0 Å². The minimum atomic E-state index is 0.630. The molecule has 0 fully saturated rings. The van der Waals surface area contributed by atoms with Crippen LogP contribution in [0.15, 0.2) is 12.4 Å². The van der Waals surface area contributed by atoms with E-state index < -0.39 is 0 Å². The molecule has 102 valence electrons. The molecule has 1 aromatic rings. The van der Waals surface area contributed by atoms with E-state index in [1.807, 2.05) is 0 Å². The van der Waals surface area contributed by atoms with Crippen molar-refractivity contribution in [2.24, 2.45) is 0 Å². The van der Waals surface area contributed by atoms with Gasteiger partial charge in [0.15, 0.2) is 0 Å². The van der Waals surface area contributed by atoms with Gasteiger partial charge in [0.25, 0.3) is 0 Å². The molecule has 1 heterocycles. The first kappa shape index (κ1) is 14.9. The van der Waals surface area contributed by atoms with Crippen LogP contribution in [0, 0.1) is 0 Å². The molecule has 0 unspecified atom stereocenters. The molecular formula is C14H25N3O. The third-order valence-electron chi connectivity index (χ3n) is 2.66. The monoisotopic (exact) mass is 251 g/mol. The molecule has 0 aliphatic heterocycles. The molecule has 0 aromatic carbocycles. The number of ether oxygens (including phenoxy) is 1. The van der Waals surface area contributed by atoms with E-state index in [9.17, 15) is 0 Å². The summed E-state index contributed by atoms with van der Waals surface area (Å²) >= 11 is 0. The maximum atomic E-state index is 5.54. The highest BCUT2D eigenvalue weighted by Crippen LogP contribution is 2.06. The second-order valence-corrected chi connectivity index (χ2v) is 4.43. The molecule has 0 atom stereocenters. The van der Waals surface area contributed by atoms with Gasteiger partial charge < -0.3 is 10.1 Å². The molecule has 1 N–H and O–H groups in total. The Morgan fingerprint density at radius 3 is 2.61 bits per heavy atom. The van der Waals surface area contributed by atoms with Crippen molar-refractivity contribution in [2.45, 2.75) is 52.5 Å². The van der Waals surface area contributed by atoms with E-state index in [-0.39, 0.29) is 0 Å². The summed E-state index contributed by atoms with van der Waals surface area (Å²) in [6.07, 6.45) is 9.47. The Morgan fingerprint density at radius 1 is 1.06 bits per heavy atom. The number of hydrogen-bond donors (Lipinski definition) is 1. The zero-order chi connectivity index (χ0) is 13.1. The van der Waals surface area contributed by atoms with Crippen molar-refractivity contribution in [1.29, 1.82) is 0 Å². The largest absolute Gasteiger partial charge is 0.477 e. The van der Waals surface area contributed by atoms with Crippen LogP contribution >= 0.6 is 0 Å². The molecule has 1 aromatic heterocycles. The molecule has 4 heteroatoms. The molecule has 4 nitrogen and oxygen atoms in total. The fourth-order valence-electron chi connectivity index (χ4n) is 1.61. The number of nitrogens with one attached hydrogen (secondary N) is 1. The van der Waals surface area contributed by atoms with Crippen molar-refractivity contribution in [1.82, 2.24) is 15.3 Å². The summed E-state index contributed by atoms with van der Waals surface area (Å²) in [5, 5.41) is 3.29. The minimum Gasteiger partial charge on any atom is -0.477 e. The molecule has 0 amide bonds. The summed E-state index contributed by atoms with van der Waals surface area (Å²) in [5.74, 6) is 0.630. The van der Waals surface area contributed by atoms with Crippen LogP contribution in [0.25, 0.3) is 0 Å². The van der Waals surface area contributed by atoms with E-state index in [0.29, 0.717) is 5.88 Å². The lowest BCUT2D eigenvalue weighted by Crippen LogP contribution is -2.15. The van der Waals surface area contributed by atoms with Crippen LogP contribution in [-0.4, -0.2) is 23.1 Å². The lowest BCUT2D eigenvalue weighted by atomic mass is 10.2. The summed E-state index contributed by atoms with van der Waals surface area (Å²) in [5.41, 5.74) is 0.960. The zero-order valence-electron chi connectivity index (χ0n) is 11.6. The van der Waals surface area contributed by atoms with Gasteiger partial charge in [-0.2, -0.15) is 0 Å². The fraction of sp³-hybridized carbons (Fsp3) is 0.714. The van der Waals surface area contributed by atoms with Gasteiger partial charge in [-0.25, -0.2) is 4.98 Å². The van der Waals surface area contributed by atoms with Gasteiger partial charge in [-0.15, -0.1) is 0 Å². The number of aromatic nitrogens is 2. The summed E-state index contributed by atoms with van der Waals surface area (Å²) in [6.45, 7) is 6.88. The number of nitrogens with zero attached hydrogens (tertiary/aromatic N) is 2. The molecule has 0 aliphatic carbocycles. The average Bonchev–Trinajstić information content (AvgIpc) is 2.40. The van der Waals surface area contributed by atoms with Gasteiger partial charge in [0, 0.05) is 6.54 Å². The first-order chi connectivity index (χ1) is 8.86. The van der Waals surface area contributed by atoms with Crippen LogP contribution in [0.2, 0.25) is 0 Å². The van der Waals surface area contributed by atoms with Crippen LogP contribution in [0.4, 0.5) is 0 Å². The maximum absolute atomic E-state index is 5.54. The van der Waals surface area contributed by atoms with Gasteiger partial charge in [-0.05, 0) is 19.4 Å². The molecule has 18 heavy (non-hydrogen) atoms.